The van der Waals surface area contributed by atoms with Crippen LogP contribution in [0.4, 0.5) is 0 Å². The lowest BCUT2D eigenvalue weighted by atomic mass is 9.95. The molecular formula is C13H21NO. The molecule has 2 heteroatoms. The summed E-state index contributed by atoms with van der Waals surface area (Å²) in [5.41, 5.74) is 1.35. The maximum absolute atomic E-state index is 11.7. The molecule has 0 aromatic heterocycles. The molecule has 0 saturated heterocycles. The van der Waals surface area contributed by atoms with E-state index < -0.39 is 0 Å². The molecule has 0 unspecified atom stereocenters. The molecule has 2 aliphatic rings. The minimum Gasteiger partial charge on any atom is -0.350 e. The number of rotatable bonds is 2. The monoisotopic (exact) mass is 207 g/mol. The molecule has 0 bridgehead atoms. The lowest BCUT2D eigenvalue weighted by Crippen LogP contribution is -2.35. The third-order valence-electron chi connectivity index (χ3n) is 3.53. The van der Waals surface area contributed by atoms with Gasteiger partial charge in [-0.15, -0.1) is 0 Å². The van der Waals surface area contributed by atoms with Gasteiger partial charge in [-0.25, -0.2) is 0 Å². The van der Waals surface area contributed by atoms with Crippen LogP contribution >= 0.6 is 0 Å². The number of carbonyl (C=O) groups excluding carboxylic acids is 1. The molecule has 1 N–H and O–H groups in total. The summed E-state index contributed by atoms with van der Waals surface area (Å²) in [5, 5.41) is 3.13. The van der Waals surface area contributed by atoms with Crippen LogP contribution in [0.5, 0.6) is 0 Å². The molecule has 2 nitrogen and oxygen atoms in total. The summed E-state index contributed by atoms with van der Waals surface area (Å²) < 4.78 is 0. The minimum atomic E-state index is 0.152. The van der Waals surface area contributed by atoms with E-state index in [4.69, 9.17) is 0 Å². The van der Waals surface area contributed by atoms with E-state index in [1.54, 1.807) is 0 Å². The Labute approximate surface area is 92.1 Å². The van der Waals surface area contributed by atoms with Crippen LogP contribution in [0.15, 0.2) is 11.6 Å². The second kappa shape index (κ2) is 5.34. The van der Waals surface area contributed by atoms with Gasteiger partial charge in [0, 0.05) is 12.1 Å². The molecule has 0 aromatic rings. The van der Waals surface area contributed by atoms with E-state index in [9.17, 15) is 4.79 Å². The zero-order chi connectivity index (χ0) is 10.5. The van der Waals surface area contributed by atoms with Crippen LogP contribution in [0.25, 0.3) is 0 Å². The number of allylic oxidation sites excluding steroid dienone is 1. The summed E-state index contributed by atoms with van der Waals surface area (Å²) in [6, 6.07) is 0.449. The predicted octanol–water partition coefficient (Wildman–Crippen LogP) is 2.94. The van der Waals surface area contributed by atoms with Gasteiger partial charge in [-0.2, -0.15) is 0 Å². The average Bonchev–Trinajstić information content (AvgIpc) is 2.71. The van der Waals surface area contributed by atoms with Gasteiger partial charge in [0.15, 0.2) is 0 Å². The Bertz CT molecular complexity index is 243. The number of hydrogen-bond donors (Lipinski definition) is 1. The Kier molecular flexibility index (Phi) is 3.81. The highest BCUT2D eigenvalue weighted by Gasteiger charge is 2.15. The van der Waals surface area contributed by atoms with Crippen molar-refractivity contribution in [2.45, 2.75) is 63.8 Å². The fourth-order valence-corrected chi connectivity index (χ4v) is 2.65. The van der Waals surface area contributed by atoms with E-state index in [1.807, 2.05) is 6.08 Å². The maximum Gasteiger partial charge on any atom is 0.244 e. The Morgan fingerprint density at radius 3 is 2.40 bits per heavy atom. The largest absolute Gasteiger partial charge is 0.350 e. The van der Waals surface area contributed by atoms with Crippen molar-refractivity contribution in [2.75, 3.05) is 0 Å². The molecule has 84 valence electrons. The highest BCUT2D eigenvalue weighted by atomic mass is 16.1. The van der Waals surface area contributed by atoms with E-state index >= 15 is 0 Å². The molecule has 1 amide bonds. The molecule has 2 aliphatic carbocycles. The summed E-state index contributed by atoms with van der Waals surface area (Å²) in [6.07, 6.45) is 12.9. The summed E-state index contributed by atoms with van der Waals surface area (Å²) in [6.45, 7) is 0. The number of amides is 1. The first-order valence-corrected chi connectivity index (χ1v) is 6.34. The first kappa shape index (κ1) is 10.7. The Morgan fingerprint density at radius 2 is 1.73 bits per heavy atom. The van der Waals surface area contributed by atoms with Crippen LogP contribution in [-0.2, 0) is 4.79 Å². The normalized spacial score (nSPS) is 22.8. The van der Waals surface area contributed by atoms with Crippen molar-refractivity contribution in [1.82, 2.24) is 5.32 Å². The highest BCUT2D eigenvalue weighted by Crippen LogP contribution is 2.23. The third kappa shape index (κ3) is 3.37. The molecule has 0 aliphatic heterocycles. The molecule has 0 atom stereocenters. The Morgan fingerprint density at radius 1 is 1.07 bits per heavy atom. The van der Waals surface area contributed by atoms with Gasteiger partial charge >= 0.3 is 0 Å². The van der Waals surface area contributed by atoms with Crippen LogP contribution in [0.1, 0.15) is 57.8 Å². The quantitative estimate of drug-likeness (QED) is 0.693. The second-order valence-electron chi connectivity index (χ2n) is 4.85. The molecule has 0 radical (unpaired) electrons. The van der Waals surface area contributed by atoms with Crippen LogP contribution < -0.4 is 5.32 Å². The fraction of sp³-hybridized carbons (Fsp3) is 0.769. The molecule has 2 fully saturated rings. The zero-order valence-electron chi connectivity index (χ0n) is 9.43. The standard InChI is InChI=1S/C13H21NO/c15-13(10-11-6-4-5-7-11)14-12-8-2-1-3-9-12/h10,12H,1-9H2,(H,14,15). The van der Waals surface area contributed by atoms with Gasteiger partial charge in [-0.1, -0.05) is 24.8 Å². The van der Waals surface area contributed by atoms with E-state index in [2.05, 4.69) is 5.32 Å². The number of nitrogens with one attached hydrogen (secondary N) is 1. The topological polar surface area (TPSA) is 29.1 Å². The van der Waals surface area contributed by atoms with Gasteiger partial charge in [0.2, 0.25) is 5.91 Å². The van der Waals surface area contributed by atoms with Gasteiger partial charge in [0.05, 0.1) is 0 Å². The van der Waals surface area contributed by atoms with Crippen LogP contribution in [-0.4, -0.2) is 11.9 Å². The van der Waals surface area contributed by atoms with Crippen molar-refractivity contribution in [3.05, 3.63) is 11.6 Å². The van der Waals surface area contributed by atoms with Crippen molar-refractivity contribution in [3.8, 4) is 0 Å². The first-order chi connectivity index (χ1) is 7.34. The molecule has 0 aromatic carbocycles. The van der Waals surface area contributed by atoms with Gasteiger partial charge in [-0.05, 0) is 38.5 Å². The van der Waals surface area contributed by atoms with E-state index in [0.29, 0.717) is 6.04 Å². The van der Waals surface area contributed by atoms with Gasteiger partial charge in [-0.3, -0.25) is 4.79 Å². The SMILES string of the molecule is O=C(C=C1CCCC1)NC1CCCCC1. The third-order valence-corrected chi connectivity index (χ3v) is 3.53. The number of carbonyl (C=O) groups is 1. The number of hydrogen-bond acceptors (Lipinski definition) is 1. The maximum atomic E-state index is 11.7. The summed E-state index contributed by atoms with van der Waals surface area (Å²) >= 11 is 0. The first-order valence-electron chi connectivity index (χ1n) is 6.34. The van der Waals surface area contributed by atoms with E-state index in [0.717, 1.165) is 12.8 Å². The Balaban J connectivity index is 1.78. The molecule has 15 heavy (non-hydrogen) atoms. The van der Waals surface area contributed by atoms with Crippen molar-refractivity contribution >= 4 is 5.91 Å². The average molecular weight is 207 g/mol. The Hall–Kier alpha value is -0.790. The molecule has 0 heterocycles. The molecule has 2 rings (SSSR count). The predicted molar refractivity (Wildman–Crippen MR) is 61.6 cm³/mol. The lowest BCUT2D eigenvalue weighted by molar-refractivity contribution is -0.117. The van der Waals surface area contributed by atoms with Crippen molar-refractivity contribution in [3.63, 3.8) is 0 Å². The smallest absolute Gasteiger partial charge is 0.244 e. The van der Waals surface area contributed by atoms with Gasteiger partial charge < -0.3 is 5.32 Å². The van der Waals surface area contributed by atoms with E-state index in [1.165, 1.54) is 50.5 Å². The van der Waals surface area contributed by atoms with Crippen LogP contribution in [0.2, 0.25) is 0 Å². The lowest BCUT2D eigenvalue weighted by Gasteiger charge is -2.22. The van der Waals surface area contributed by atoms with Crippen molar-refractivity contribution in [1.29, 1.82) is 0 Å². The molecule has 2 saturated carbocycles. The van der Waals surface area contributed by atoms with Crippen LogP contribution in [0.3, 0.4) is 0 Å². The summed E-state index contributed by atoms with van der Waals surface area (Å²) in [5.74, 6) is 0.152. The minimum absolute atomic E-state index is 0.152. The van der Waals surface area contributed by atoms with Crippen LogP contribution in [0, 0.1) is 0 Å². The molecular weight excluding hydrogens is 186 g/mol. The van der Waals surface area contributed by atoms with E-state index in [-0.39, 0.29) is 5.91 Å². The molecule has 0 spiro atoms. The highest BCUT2D eigenvalue weighted by molar-refractivity contribution is 5.88. The summed E-state index contributed by atoms with van der Waals surface area (Å²) in [4.78, 5) is 11.7. The summed E-state index contributed by atoms with van der Waals surface area (Å²) in [7, 11) is 0. The van der Waals surface area contributed by atoms with Gasteiger partial charge in [0.25, 0.3) is 0 Å². The van der Waals surface area contributed by atoms with Crippen molar-refractivity contribution < 1.29 is 4.79 Å². The second-order valence-corrected chi connectivity index (χ2v) is 4.85. The van der Waals surface area contributed by atoms with Crippen molar-refractivity contribution in [2.24, 2.45) is 0 Å². The fourth-order valence-electron chi connectivity index (χ4n) is 2.65. The van der Waals surface area contributed by atoms with Gasteiger partial charge in [0.1, 0.15) is 0 Å². The zero-order valence-corrected chi connectivity index (χ0v) is 9.43.